The smallest absolute Gasteiger partial charge is 0.326 e. The van der Waals surface area contributed by atoms with Crippen molar-refractivity contribution in [3.05, 3.63) is 29.8 Å². The fourth-order valence-corrected chi connectivity index (χ4v) is 2.40. The van der Waals surface area contributed by atoms with Gasteiger partial charge in [-0.15, -0.1) is 0 Å². The number of hydrogen-bond acceptors (Lipinski definition) is 6. The van der Waals surface area contributed by atoms with Gasteiger partial charge in [0.2, 0.25) is 11.8 Å². The fourth-order valence-electron chi connectivity index (χ4n) is 2.40. The lowest BCUT2D eigenvalue weighted by Gasteiger charge is -2.22. The van der Waals surface area contributed by atoms with Crippen molar-refractivity contribution in [3.8, 4) is 5.75 Å². The molecule has 3 atom stereocenters. The van der Waals surface area contributed by atoms with Crippen molar-refractivity contribution in [1.82, 2.24) is 10.6 Å². The van der Waals surface area contributed by atoms with Gasteiger partial charge in [-0.05, 0) is 50.4 Å². The SMILES string of the molecule is C[C@H](N)C(=O)N[C@@H](Cc1ccc(O)cc1)C(=O)N[C@@H](CCCCN)C(=O)O. The Morgan fingerprint density at radius 3 is 2.15 bits per heavy atom. The molecule has 0 aliphatic rings. The first kappa shape index (κ1) is 22.4. The van der Waals surface area contributed by atoms with Gasteiger partial charge < -0.3 is 32.3 Å². The Labute approximate surface area is 158 Å². The number of amides is 2. The zero-order valence-corrected chi connectivity index (χ0v) is 15.4. The normalized spacial score (nSPS) is 14.0. The van der Waals surface area contributed by atoms with Crippen molar-refractivity contribution in [3.63, 3.8) is 0 Å². The van der Waals surface area contributed by atoms with E-state index in [-0.39, 0.29) is 18.6 Å². The van der Waals surface area contributed by atoms with Gasteiger partial charge >= 0.3 is 5.97 Å². The van der Waals surface area contributed by atoms with E-state index in [0.29, 0.717) is 24.9 Å². The van der Waals surface area contributed by atoms with Crippen LogP contribution in [-0.2, 0) is 20.8 Å². The zero-order chi connectivity index (χ0) is 20.4. The number of carboxylic acids is 1. The highest BCUT2D eigenvalue weighted by atomic mass is 16.4. The van der Waals surface area contributed by atoms with Crippen LogP contribution in [0.2, 0.25) is 0 Å². The number of phenols is 1. The number of benzene rings is 1. The Bertz CT molecular complexity index is 633. The summed E-state index contributed by atoms with van der Waals surface area (Å²) in [6.45, 7) is 1.92. The monoisotopic (exact) mass is 380 g/mol. The molecule has 0 spiro atoms. The van der Waals surface area contributed by atoms with Crippen LogP contribution < -0.4 is 22.1 Å². The minimum atomic E-state index is -1.15. The lowest BCUT2D eigenvalue weighted by atomic mass is 10.0. The van der Waals surface area contributed by atoms with Crippen LogP contribution in [0.5, 0.6) is 5.75 Å². The second-order valence-corrected chi connectivity index (χ2v) is 6.40. The second kappa shape index (κ2) is 11.1. The van der Waals surface area contributed by atoms with Crippen molar-refractivity contribution >= 4 is 17.8 Å². The van der Waals surface area contributed by atoms with Gasteiger partial charge in [-0.2, -0.15) is 0 Å². The minimum Gasteiger partial charge on any atom is -0.508 e. The third-order valence-electron chi connectivity index (χ3n) is 3.98. The molecule has 0 unspecified atom stereocenters. The Hall–Kier alpha value is -2.65. The van der Waals surface area contributed by atoms with E-state index in [0.717, 1.165) is 0 Å². The van der Waals surface area contributed by atoms with Crippen molar-refractivity contribution in [2.75, 3.05) is 6.54 Å². The molecule has 1 aromatic rings. The van der Waals surface area contributed by atoms with Gasteiger partial charge in [0.1, 0.15) is 17.8 Å². The van der Waals surface area contributed by atoms with Gasteiger partial charge in [-0.25, -0.2) is 4.79 Å². The molecule has 0 fully saturated rings. The maximum absolute atomic E-state index is 12.6. The van der Waals surface area contributed by atoms with E-state index in [1.807, 2.05) is 0 Å². The third kappa shape index (κ3) is 8.06. The quantitative estimate of drug-likeness (QED) is 0.280. The molecule has 0 bridgehead atoms. The summed E-state index contributed by atoms with van der Waals surface area (Å²) in [6.07, 6.45) is 1.58. The molecule has 27 heavy (non-hydrogen) atoms. The molecule has 0 aromatic heterocycles. The predicted molar refractivity (Wildman–Crippen MR) is 99.9 cm³/mol. The lowest BCUT2D eigenvalue weighted by molar-refractivity contribution is -0.142. The number of carbonyl (C=O) groups excluding carboxylic acids is 2. The largest absolute Gasteiger partial charge is 0.508 e. The number of nitrogens with one attached hydrogen (secondary N) is 2. The van der Waals surface area contributed by atoms with E-state index in [9.17, 15) is 24.6 Å². The van der Waals surface area contributed by atoms with Crippen LogP contribution in [0.4, 0.5) is 0 Å². The van der Waals surface area contributed by atoms with Crippen LogP contribution >= 0.6 is 0 Å². The first-order chi connectivity index (χ1) is 12.7. The van der Waals surface area contributed by atoms with Crippen molar-refractivity contribution in [2.24, 2.45) is 11.5 Å². The van der Waals surface area contributed by atoms with Gasteiger partial charge in [0.15, 0.2) is 0 Å². The van der Waals surface area contributed by atoms with Gasteiger partial charge in [0.25, 0.3) is 0 Å². The van der Waals surface area contributed by atoms with E-state index in [1.165, 1.54) is 19.1 Å². The molecule has 8 N–H and O–H groups in total. The highest BCUT2D eigenvalue weighted by molar-refractivity contribution is 5.91. The molecular weight excluding hydrogens is 352 g/mol. The molecule has 2 amide bonds. The number of rotatable bonds is 11. The van der Waals surface area contributed by atoms with Gasteiger partial charge in [0.05, 0.1) is 6.04 Å². The van der Waals surface area contributed by atoms with Crippen LogP contribution in [0.15, 0.2) is 24.3 Å². The Balaban J connectivity index is 2.87. The second-order valence-electron chi connectivity index (χ2n) is 6.40. The Kier molecular flexibility index (Phi) is 9.24. The van der Waals surface area contributed by atoms with Crippen LogP contribution in [0, 0.1) is 0 Å². The number of hydrogen-bond donors (Lipinski definition) is 6. The summed E-state index contributed by atoms with van der Waals surface area (Å²) in [5, 5.41) is 23.7. The molecule has 9 heteroatoms. The molecule has 150 valence electrons. The Morgan fingerprint density at radius 1 is 1.04 bits per heavy atom. The van der Waals surface area contributed by atoms with Gasteiger partial charge in [0, 0.05) is 6.42 Å². The number of unbranched alkanes of at least 4 members (excludes halogenated alkanes) is 1. The van der Waals surface area contributed by atoms with E-state index in [4.69, 9.17) is 11.5 Å². The van der Waals surface area contributed by atoms with Crippen LogP contribution in [-0.4, -0.2) is 52.7 Å². The number of phenolic OH excluding ortho intramolecular Hbond substituents is 1. The molecule has 1 aromatic carbocycles. The van der Waals surface area contributed by atoms with Crippen molar-refractivity contribution in [1.29, 1.82) is 0 Å². The first-order valence-corrected chi connectivity index (χ1v) is 8.81. The number of carboxylic acid groups (broad SMARTS) is 1. The number of nitrogens with two attached hydrogens (primary N) is 2. The third-order valence-corrected chi connectivity index (χ3v) is 3.98. The minimum absolute atomic E-state index is 0.0743. The first-order valence-electron chi connectivity index (χ1n) is 8.81. The molecule has 0 saturated heterocycles. The standard InChI is InChI=1S/C18H28N4O5/c1-11(20)16(24)22-15(10-12-5-7-13(23)8-6-12)17(25)21-14(18(26)27)4-2-3-9-19/h5-8,11,14-15,23H,2-4,9-10,19-20H2,1H3,(H,21,25)(H,22,24)(H,26,27)/t11-,14-,15-/m0/s1. The molecule has 9 nitrogen and oxygen atoms in total. The van der Waals surface area contributed by atoms with Gasteiger partial charge in [-0.3, -0.25) is 9.59 Å². The summed E-state index contributed by atoms with van der Waals surface area (Å²) in [5.41, 5.74) is 11.6. The summed E-state index contributed by atoms with van der Waals surface area (Å²) in [4.78, 5) is 36.0. The number of carbonyl (C=O) groups is 3. The predicted octanol–water partition coefficient (Wildman–Crippen LogP) is -0.535. The summed E-state index contributed by atoms with van der Waals surface area (Å²) < 4.78 is 0. The molecular formula is C18H28N4O5. The molecule has 0 saturated carbocycles. The average Bonchev–Trinajstić information content (AvgIpc) is 2.61. The molecule has 0 aliphatic carbocycles. The highest BCUT2D eigenvalue weighted by Crippen LogP contribution is 2.12. The summed E-state index contributed by atoms with van der Waals surface area (Å²) in [5.74, 6) is -2.21. The van der Waals surface area contributed by atoms with Crippen molar-refractivity contribution < 1.29 is 24.6 Å². The molecule has 0 heterocycles. The van der Waals surface area contributed by atoms with E-state index < -0.39 is 35.9 Å². The summed E-state index contributed by atoms with van der Waals surface area (Å²) >= 11 is 0. The van der Waals surface area contributed by atoms with E-state index >= 15 is 0 Å². The molecule has 1 rings (SSSR count). The van der Waals surface area contributed by atoms with E-state index in [1.54, 1.807) is 12.1 Å². The van der Waals surface area contributed by atoms with Crippen LogP contribution in [0.25, 0.3) is 0 Å². The maximum atomic E-state index is 12.6. The Morgan fingerprint density at radius 2 is 1.63 bits per heavy atom. The number of aliphatic carboxylic acids is 1. The van der Waals surface area contributed by atoms with Crippen molar-refractivity contribution in [2.45, 2.75) is 50.7 Å². The van der Waals surface area contributed by atoms with Gasteiger partial charge in [-0.1, -0.05) is 12.1 Å². The zero-order valence-electron chi connectivity index (χ0n) is 15.4. The summed E-state index contributed by atoms with van der Waals surface area (Å²) in [6, 6.07) is 3.27. The average molecular weight is 380 g/mol. The molecule has 0 radical (unpaired) electrons. The van der Waals surface area contributed by atoms with Crippen LogP contribution in [0.3, 0.4) is 0 Å². The lowest BCUT2D eigenvalue weighted by Crippen LogP contribution is -2.54. The fraction of sp³-hybridized carbons (Fsp3) is 0.500. The topological polar surface area (TPSA) is 168 Å². The maximum Gasteiger partial charge on any atom is 0.326 e. The van der Waals surface area contributed by atoms with Crippen LogP contribution in [0.1, 0.15) is 31.7 Å². The summed E-state index contributed by atoms with van der Waals surface area (Å²) in [7, 11) is 0. The highest BCUT2D eigenvalue weighted by Gasteiger charge is 2.27. The number of aromatic hydroxyl groups is 1. The van der Waals surface area contributed by atoms with E-state index in [2.05, 4.69) is 10.6 Å². The molecule has 0 aliphatic heterocycles.